The molecular formula is C13H16N4OS. The molecule has 0 bridgehead atoms. The van der Waals surface area contributed by atoms with Gasteiger partial charge in [0.15, 0.2) is 5.16 Å². The molecule has 5 nitrogen and oxygen atoms in total. The molecule has 0 fully saturated rings. The van der Waals surface area contributed by atoms with E-state index in [9.17, 15) is 0 Å². The Balaban J connectivity index is 2.29. The summed E-state index contributed by atoms with van der Waals surface area (Å²) >= 11 is 1.43. The monoisotopic (exact) mass is 276 g/mol. The van der Waals surface area contributed by atoms with Crippen LogP contribution in [0.4, 0.5) is 5.82 Å². The second-order valence-corrected chi connectivity index (χ2v) is 4.84. The zero-order valence-corrected chi connectivity index (χ0v) is 11.9. The summed E-state index contributed by atoms with van der Waals surface area (Å²) in [7, 11) is 0. The van der Waals surface area contributed by atoms with E-state index in [1.807, 2.05) is 31.4 Å². The van der Waals surface area contributed by atoms with Gasteiger partial charge in [-0.25, -0.2) is 10.8 Å². The predicted molar refractivity (Wildman–Crippen MR) is 77.6 cm³/mol. The quantitative estimate of drug-likeness (QED) is 0.387. The van der Waals surface area contributed by atoms with Gasteiger partial charge in [0.2, 0.25) is 5.88 Å². The number of thioether (sulfide) groups is 1. The average molecular weight is 276 g/mol. The van der Waals surface area contributed by atoms with Crippen molar-refractivity contribution in [3.05, 3.63) is 35.4 Å². The molecule has 0 amide bonds. The van der Waals surface area contributed by atoms with Crippen LogP contribution < -0.4 is 16.0 Å². The SMILES string of the molecule is CSc1nc(NN)cc(Oc2ccc(C)c(C)c2)n1. The summed E-state index contributed by atoms with van der Waals surface area (Å²) in [5.74, 6) is 7.12. The molecule has 19 heavy (non-hydrogen) atoms. The van der Waals surface area contributed by atoms with Gasteiger partial charge in [0.25, 0.3) is 0 Å². The number of hydrogen-bond donors (Lipinski definition) is 2. The van der Waals surface area contributed by atoms with Crippen molar-refractivity contribution in [1.82, 2.24) is 9.97 Å². The highest BCUT2D eigenvalue weighted by atomic mass is 32.2. The molecule has 0 spiro atoms. The van der Waals surface area contributed by atoms with Gasteiger partial charge in [-0.15, -0.1) is 0 Å². The molecule has 1 aromatic carbocycles. The van der Waals surface area contributed by atoms with Crippen LogP contribution in [0.5, 0.6) is 11.6 Å². The van der Waals surface area contributed by atoms with E-state index in [2.05, 4.69) is 22.3 Å². The molecule has 0 unspecified atom stereocenters. The Morgan fingerprint density at radius 2 is 1.95 bits per heavy atom. The number of nitrogen functional groups attached to an aromatic ring is 1. The Hall–Kier alpha value is -1.79. The zero-order valence-electron chi connectivity index (χ0n) is 11.1. The summed E-state index contributed by atoms with van der Waals surface area (Å²) in [6, 6.07) is 7.57. The minimum absolute atomic E-state index is 0.468. The Morgan fingerprint density at radius 3 is 2.58 bits per heavy atom. The number of hydrazine groups is 1. The Kier molecular flexibility index (Phi) is 4.24. The number of aromatic nitrogens is 2. The number of anilines is 1. The first-order valence-electron chi connectivity index (χ1n) is 5.77. The summed E-state index contributed by atoms with van der Waals surface area (Å²) < 4.78 is 5.74. The van der Waals surface area contributed by atoms with E-state index in [4.69, 9.17) is 10.6 Å². The summed E-state index contributed by atoms with van der Waals surface area (Å²) in [5.41, 5.74) is 4.90. The van der Waals surface area contributed by atoms with Crippen LogP contribution in [-0.4, -0.2) is 16.2 Å². The molecule has 6 heteroatoms. The first-order chi connectivity index (χ1) is 9.12. The van der Waals surface area contributed by atoms with Gasteiger partial charge in [0, 0.05) is 6.07 Å². The molecule has 2 rings (SSSR count). The molecule has 100 valence electrons. The predicted octanol–water partition coefficient (Wildman–Crippen LogP) is 2.89. The Morgan fingerprint density at radius 1 is 1.16 bits per heavy atom. The maximum Gasteiger partial charge on any atom is 0.225 e. The van der Waals surface area contributed by atoms with E-state index < -0.39 is 0 Å². The first-order valence-corrected chi connectivity index (χ1v) is 6.99. The van der Waals surface area contributed by atoms with Crippen molar-refractivity contribution in [3.8, 4) is 11.6 Å². The van der Waals surface area contributed by atoms with E-state index in [0.717, 1.165) is 5.75 Å². The number of hydrogen-bond acceptors (Lipinski definition) is 6. The van der Waals surface area contributed by atoms with E-state index in [-0.39, 0.29) is 0 Å². The molecule has 0 atom stereocenters. The summed E-state index contributed by atoms with van der Waals surface area (Å²) in [5, 5.41) is 0.606. The van der Waals surface area contributed by atoms with E-state index in [0.29, 0.717) is 16.9 Å². The third-order valence-corrected chi connectivity index (χ3v) is 3.26. The van der Waals surface area contributed by atoms with Gasteiger partial charge >= 0.3 is 0 Å². The Bertz CT molecular complexity index is 567. The molecule has 1 aromatic heterocycles. The first kappa shape index (κ1) is 13.6. The van der Waals surface area contributed by atoms with E-state index in [1.54, 1.807) is 6.07 Å². The molecular weight excluding hydrogens is 260 g/mol. The fourth-order valence-electron chi connectivity index (χ4n) is 1.52. The van der Waals surface area contributed by atoms with Crippen LogP contribution >= 0.6 is 11.8 Å². The minimum Gasteiger partial charge on any atom is -0.439 e. The smallest absolute Gasteiger partial charge is 0.225 e. The molecule has 2 aromatic rings. The summed E-state index contributed by atoms with van der Waals surface area (Å²) in [6.07, 6.45) is 1.90. The van der Waals surface area contributed by atoms with Gasteiger partial charge in [-0.3, -0.25) is 0 Å². The highest BCUT2D eigenvalue weighted by Crippen LogP contribution is 2.25. The third-order valence-electron chi connectivity index (χ3n) is 2.71. The zero-order chi connectivity index (χ0) is 13.8. The molecule has 0 aliphatic heterocycles. The van der Waals surface area contributed by atoms with Crippen molar-refractivity contribution >= 4 is 17.6 Å². The van der Waals surface area contributed by atoms with Crippen LogP contribution in [0.15, 0.2) is 29.4 Å². The highest BCUT2D eigenvalue weighted by Gasteiger charge is 2.06. The number of nitrogens with one attached hydrogen (secondary N) is 1. The van der Waals surface area contributed by atoms with Crippen LogP contribution in [0.3, 0.4) is 0 Å². The van der Waals surface area contributed by atoms with Crippen LogP contribution in [0.2, 0.25) is 0 Å². The van der Waals surface area contributed by atoms with Gasteiger partial charge in [-0.2, -0.15) is 4.98 Å². The number of aryl methyl sites for hydroxylation is 2. The van der Waals surface area contributed by atoms with E-state index >= 15 is 0 Å². The fourth-order valence-corrected chi connectivity index (χ4v) is 1.89. The van der Waals surface area contributed by atoms with Crippen molar-refractivity contribution in [3.63, 3.8) is 0 Å². The van der Waals surface area contributed by atoms with Crippen LogP contribution in [-0.2, 0) is 0 Å². The van der Waals surface area contributed by atoms with Crippen molar-refractivity contribution < 1.29 is 4.74 Å². The van der Waals surface area contributed by atoms with Crippen LogP contribution in [0.25, 0.3) is 0 Å². The normalized spacial score (nSPS) is 10.3. The summed E-state index contributed by atoms with van der Waals surface area (Å²) in [4.78, 5) is 8.46. The maximum absolute atomic E-state index is 5.74. The lowest BCUT2D eigenvalue weighted by Gasteiger charge is -2.09. The highest BCUT2D eigenvalue weighted by molar-refractivity contribution is 7.98. The van der Waals surface area contributed by atoms with Crippen molar-refractivity contribution in [2.75, 3.05) is 11.7 Å². The van der Waals surface area contributed by atoms with Crippen LogP contribution in [0, 0.1) is 13.8 Å². The fraction of sp³-hybridized carbons (Fsp3) is 0.231. The minimum atomic E-state index is 0.468. The number of rotatable bonds is 4. The molecule has 0 radical (unpaired) electrons. The lowest BCUT2D eigenvalue weighted by molar-refractivity contribution is 0.455. The second kappa shape index (κ2) is 5.90. The number of nitrogens with zero attached hydrogens (tertiary/aromatic N) is 2. The number of ether oxygens (including phenoxy) is 1. The lowest BCUT2D eigenvalue weighted by Crippen LogP contribution is -2.09. The van der Waals surface area contributed by atoms with Gasteiger partial charge in [0.1, 0.15) is 11.6 Å². The van der Waals surface area contributed by atoms with Crippen molar-refractivity contribution in [2.45, 2.75) is 19.0 Å². The molecule has 1 heterocycles. The molecule has 3 N–H and O–H groups in total. The number of benzene rings is 1. The van der Waals surface area contributed by atoms with Gasteiger partial charge in [0.05, 0.1) is 0 Å². The molecule has 0 aliphatic carbocycles. The molecule has 0 saturated heterocycles. The molecule has 0 aliphatic rings. The molecule has 0 saturated carbocycles. The van der Waals surface area contributed by atoms with E-state index in [1.165, 1.54) is 22.9 Å². The number of nitrogens with two attached hydrogens (primary N) is 1. The second-order valence-electron chi connectivity index (χ2n) is 4.07. The van der Waals surface area contributed by atoms with Crippen molar-refractivity contribution in [2.24, 2.45) is 5.84 Å². The Labute approximate surface area is 116 Å². The average Bonchev–Trinajstić information content (AvgIpc) is 2.42. The van der Waals surface area contributed by atoms with Gasteiger partial charge < -0.3 is 10.2 Å². The van der Waals surface area contributed by atoms with Crippen molar-refractivity contribution in [1.29, 1.82) is 0 Å². The van der Waals surface area contributed by atoms with Gasteiger partial charge in [-0.1, -0.05) is 17.8 Å². The lowest BCUT2D eigenvalue weighted by atomic mass is 10.1. The third kappa shape index (κ3) is 3.36. The van der Waals surface area contributed by atoms with Crippen LogP contribution in [0.1, 0.15) is 11.1 Å². The largest absolute Gasteiger partial charge is 0.439 e. The summed E-state index contributed by atoms with van der Waals surface area (Å²) in [6.45, 7) is 4.11. The topological polar surface area (TPSA) is 73.1 Å². The van der Waals surface area contributed by atoms with Gasteiger partial charge in [-0.05, 0) is 43.4 Å². The standard InChI is InChI=1S/C13H16N4OS/c1-8-4-5-10(6-9(8)2)18-12-7-11(17-14)15-13(16-12)19-3/h4-7H,14H2,1-3H3,(H,15,16,17). The maximum atomic E-state index is 5.74.